The van der Waals surface area contributed by atoms with Crippen molar-refractivity contribution in [3.05, 3.63) is 94.0 Å². The highest BCUT2D eigenvalue weighted by atomic mass is 35.5. The van der Waals surface area contributed by atoms with Gasteiger partial charge in [0.25, 0.3) is 10.0 Å². The molecule has 230 valence electrons. The lowest BCUT2D eigenvalue weighted by molar-refractivity contribution is -0.140. The summed E-state index contributed by atoms with van der Waals surface area (Å²) in [5, 5.41) is 3.87. The zero-order valence-electron chi connectivity index (χ0n) is 24.6. The molecule has 7 nitrogen and oxygen atoms in total. The van der Waals surface area contributed by atoms with Gasteiger partial charge in [-0.05, 0) is 67.1 Å². The minimum atomic E-state index is -4.13. The largest absolute Gasteiger partial charge is 0.352 e. The van der Waals surface area contributed by atoms with Gasteiger partial charge in [-0.25, -0.2) is 8.42 Å². The molecule has 10 heteroatoms. The monoisotopic (exact) mass is 643 g/mol. The Balaban J connectivity index is 1.74. The first-order valence-electron chi connectivity index (χ1n) is 14.8. The average molecular weight is 645 g/mol. The van der Waals surface area contributed by atoms with Gasteiger partial charge in [0.05, 0.1) is 20.6 Å². The fourth-order valence-corrected chi connectivity index (χ4v) is 7.38. The number of hydrogen-bond donors (Lipinski definition) is 1. The molecule has 1 aliphatic rings. The second kappa shape index (κ2) is 15.1. The van der Waals surface area contributed by atoms with E-state index >= 15 is 0 Å². The summed E-state index contributed by atoms with van der Waals surface area (Å²) >= 11 is 12.5. The molecule has 43 heavy (non-hydrogen) atoms. The number of aryl methyl sites for hydroxylation is 1. The first-order valence-corrected chi connectivity index (χ1v) is 17.0. The van der Waals surface area contributed by atoms with Crippen LogP contribution in [0.2, 0.25) is 10.0 Å². The highest BCUT2D eigenvalue weighted by molar-refractivity contribution is 7.92. The van der Waals surface area contributed by atoms with E-state index in [4.69, 9.17) is 23.2 Å². The quantitative estimate of drug-likeness (QED) is 0.230. The van der Waals surface area contributed by atoms with E-state index in [0.717, 1.165) is 42.0 Å². The summed E-state index contributed by atoms with van der Waals surface area (Å²) in [5.74, 6) is -0.739. The molecule has 1 saturated carbocycles. The van der Waals surface area contributed by atoms with Gasteiger partial charge in [0, 0.05) is 12.6 Å². The molecule has 0 radical (unpaired) electrons. The van der Waals surface area contributed by atoms with Crippen molar-refractivity contribution in [1.82, 2.24) is 10.2 Å². The van der Waals surface area contributed by atoms with Crippen LogP contribution in [0.15, 0.2) is 77.7 Å². The Morgan fingerprint density at radius 2 is 1.58 bits per heavy atom. The van der Waals surface area contributed by atoms with Crippen LogP contribution < -0.4 is 9.62 Å². The van der Waals surface area contributed by atoms with E-state index in [1.165, 1.54) is 17.0 Å². The van der Waals surface area contributed by atoms with Crippen molar-refractivity contribution in [3.63, 3.8) is 0 Å². The number of nitrogens with one attached hydrogen (secondary N) is 1. The number of para-hydroxylation sites is 1. The van der Waals surface area contributed by atoms with Gasteiger partial charge in [-0.1, -0.05) is 98.8 Å². The van der Waals surface area contributed by atoms with Gasteiger partial charge in [-0.2, -0.15) is 0 Å². The van der Waals surface area contributed by atoms with Crippen molar-refractivity contribution in [2.75, 3.05) is 10.8 Å². The summed E-state index contributed by atoms with van der Waals surface area (Å²) in [6, 6.07) is 19.6. The topological polar surface area (TPSA) is 86.8 Å². The van der Waals surface area contributed by atoms with Crippen LogP contribution in [-0.2, 0) is 32.6 Å². The molecule has 0 bridgehead atoms. The Morgan fingerprint density at radius 3 is 2.23 bits per heavy atom. The highest BCUT2D eigenvalue weighted by Crippen LogP contribution is 2.29. The lowest BCUT2D eigenvalue weighted by Crippen LogP contribution is -2.54. The summed E-state index contributed by atoms with van der Waals surface area (Å²) in [7, 11) is -4.13. The van der Waals surface area contributed by atoms with Gasteiger partial charge in [-0.3, -0.25) is 13.9 Å². The fourth-order valence-electron chi connectivity index (χ4n) is 5.58. The van der Waals surface area contributed by atoms with Crippen molar-refractivity contribution in [3.8, 4) is 0 Å². The van der Waals surface area contributed by atoms with Crippen LogP contribution in [0, 0.1) is 0 Å². The molecule has 0 spiro atoms. The van der Waals surface area contributed by atoms with Crippen LogP contribution >= 0.6 is 23.2 Å². The maximum absolute atomic E-state index is 14.3. The van der Waals surface area contributed by atoms with Crippen molar-refractivity contribution in [2.45, 2.75) is 82.3 Å². The smallest absolute Gasteiger partial charge is 0.264 e. The molecule has 1 N–H and O–H groups in total. The molecule has 1 aliphatic carbocycles. The van der Waals surface area contributed by atoms with Crippen LogP contribution in [0.3, 0.4) is 0 Å². The summed E-state index contributed by atoms with van der Waals surface area (Å²) < 4.78 is 29.3. The standard InChI is InChI=1S/C33H39Cl2N3O4S/c1-3-25-13-11-12-18-31(25)38(43(41,42)27-16-9-6-10-17-27)23-32(39)37(22-24-19-20-28(34)29(35)21-24)30(4-2)33(40)36-26-14-7-5-8-15-26/h6,9-13,16-21,26,30H,3-5,7-8,14-15,22-23H2,1-2H3,(H,36,40)/t30-/m1/s1. The number of anilines is 1. The average Bonchev–Trinajstić information content (AvgIpc) is 3.02. The highest BCUT2D eigenvalue weighted by Gasteiger charge is 2.35. The Bertz CT molecular complexity index is 1510. The maximum atomic E-state index is 14.3. The molecule has 0 heterocycles. The number of nitrogens with zero attached hydrogens (tertiary/aromatic N) is 2. The zero-order chi connectivity index (χ0) is 31.0. The molecule has 4 rings (SSSR count). The van der Waals surface area contributed by atoms with E-state index < -0.39 is 28.5 Å². The van der Waals surface area contributed by atoms with Crippen LogP contribution in [-0.4, -0.2) is 43.8 Å². The van der Waals surface area contributed by atoms with Crippen molar-refractivity contribution in [2.24, 2.45) is 0 Å². The Kier molecular flexibility index (Phi) is 11.5. The molecule has 3 aromatic rings. The van der Waals surface area contributed by atoms with E-state index in [9.17, 15) is 18.0 Å². The number of sulfonamides is 1. The van der Waals surface area contributed by atoms with Gasteiger partial charge in [0.2, 0.25) is 11.8 Å². The molecule has 0 aromatic heterocycles. The first kappa shape index (κ1) is 32.8. The number of hydrogen-bond acceptors (Lipinski definition) is 4. The SMILES string of the molecule is CCc1ccccc1N(CC(=O)N(Cc1ccc(Cl)c(Cl)c1)[C@H](CC)C(=O)NC1CCCCC1)S(=O)(=O)c1ccccc1. The zero-order valence-corrected chi connectivity index (χ0v) is 27.0. The second-order valence-corrected chi connectivity index (χ2v) is 13.5. The third-order valence-corrected chi connectivity index (χ3v) is 10.4. The number of carbonyl (C=O) groups excluding carboxylic acids is 2. The Labute approximate surface area is 265 Å². The van der Waals surface area contributed by atoms with Crippen LogP contribution in [0.25, 0.3) is 0 Å². The van der Waals surface area contributed by atoms with Crippen molar-refractivity contribution < 1.29 is 18.0 Å². The normalized spacial score (nSPS) is 14.6. The predicted molar refractivity (Wildman–Crippen MR) is 173 cm³/mol. The molecule has 2 amide bonds. The Morgan fingerprint density at radius 1 is 0.907 bits per heavy atom. The third kappa shape index (κ3) is 8.11. The van der Waals surface area contributed by atoms with Crippen LogP contribution in [0.4, 0.5) is 5.69 Å². The van der Waals surface area contributed by atoms with E-state index in [0.29, 0.717) is 34.1 Å². The molecular weight excluding hydrogens is 605 g/mol. The van der Waals surface area contributed by atoms with E-state index in [1.54, 1.807) is 48.5 Å². The van der Waals surface area contributed by atoms with Crippen molar-refractivity contribution >= 4 is 50.7 Å². The minimum absolute atomic E-state index is 0.0565. The number of benzene rings is 3. The summed E-state index contributed by atoms with van der Waals surface area (Å²) in [4.78, 5) is 29.6. The maximum Gasteiger partial charge on any atom is 0.264 e. The van der Waals surface area contributed by atoms with Gasteiger partial charge in [0.1, 0.15) is 12.6 Å². The van der Waals surface area contributed by atoms with Gasteiger partial charge in [0.15, 0.2) is 0 Å². The molecule has 3 aromatic carbocycles. The van der Waals surface area contributed by atoms with Crippen LogP contribution in [0.1, 0.15) is 63.5 Å². The number of amides is 2. The molecule has 0 saturated heterocycles. The molecular formula is C33H39Cl2N3O4S. The molecule has 0 unspecified atom stereocenters. The lowest BCUT2D eigenvalue weighted by Gasteiger charge is -2.35. The van der Waals surface area contributed by atoms with Crippen LogP contribution in [0.5, 0.6) is 0 Å². The first-order chi connectivity index (χ1) is 20.6. The summed E-state index contributed by atoms with van der Waals surface area (Å²) in [6.45, 7) is 3.36. The van der Waals surface area contributed by atoms with Gasteiger partial charge >= 0.3 is 0 Å². The molecule has 0 aliphatic heterocycles. The second-order valence-electron chi connectivity index (χ2n) is 10.8. The summed E-state index contributed by atoms with van der Waals surface area (Å²) in [5.41, 5.74) is 1.89. The van der Waals surface area contributed by atoms with Crippen molar-refractivity contribution in [1.29, 1.82) is 0 Å². The van der Waals surface area contributed by atoms with E-state index in [2.05, 4.69) is 5.32 Å². The Hall–Kier alpha value is -3.07. The molecule has 1 fully saturated rings. The van der Waals surface area contributed by atoms with E-state index in [-0.39, 0.29) is 23.4 Å². The number of halogens is 2. The van der Waals surface area contributed by atoms with Gasteiger partial charge < -0.3 is 10.2 Å². The molecule has 1 atom stereocenters. The number of carbonyl (C=O) groups is 2. The fraction of sp³-hybridized carbons (Fsp3) is 0.394. The van der Waals surface area contributed by atoms with Gasteiger partial charge in [-0.15, -0.1) is 0 Å². The number of rotatable bonds is 12. The summed E-state index contributed by atoms with van der Waals surface area (Å²) in [6.07, 6.45) is 5.98. The minimum Gasteiger partial charge on any atom is -0.352 e. The van der Waals surface area contributed by atoms with E-state index in [1.807, 2.05) is 26.0 Å². The lowest BCUT2D eigenvalue weighted by atomic mass is 9.95. The predicted octanol–water partition coefficient (Wildman–Crippen LogP) is 7.01. The third-order valence-electron chi connectivity index (χ3n) is 7.93.